The van der Waals surface area contributed by atoms with Crippen LogP contribution in [-0.2, 0) is 0 Å². The van der Waals surface area contributed by atoms with E-state index in [2.05, 4.69) is 5.32 Å². The molecule has 1 N–H and O–H groups in total. The van der Waals surface area contributed by atoms with Crippen molar-refractivity contribution in [3.8, 4) is 0 Å². The van der Waals surface area contributed by atoms with Crippen LogP contribution in [0.1, 0.15) is 51.4 Å². The summed E-state index contributed by atoms with van der Waals surface area (Å²) in [5, 5.41) is 4.76. The normalized spacial score (nSPS) is 27.9. The van der Waals surface area contributed by atoms with Crippen molar-refractivity contribution < 1.29 is 0 Å². The average molecular weight is 252 g/mol. The molecule has 1 aliphatic heterocycles. The Morgan fingerprint density at radius 3 is 2.65 bits per heavy atom. The van der Waals surface area contributed by atoms with Gasteiger partial charge in [0.05, 0.1) is 0 Å². The summed E-state index contributed by atoms with van der Waals surface area (Å²) in [6, 6.07) is 0. The molecule has 17 heavy (non-hydrogen) atoms. The van der Waals surface area contributed by atoms with Gasteiger partial charge in [0.2, 0.25) is 0 Å². The van der Waals surface area contributed by atoms with Crippen LogP contribution in [0.2, 0.25) is 0 Å². The fourth-order valence-electron chi connectivity index (χ4n) is 3.25. The summed E-state index contributed by atoms with van der Waals surface area (Å²) in [4.78, 5) is 4.77. The quantitative estimate of drug-likeness (QED) is 0.832. The molecule has 0 aromatic rings. The first-order chi connectivity index (χ1) is 8.36. The van der Waals surface area contributed by atoms with E-state index in [9.17, 15) is 0 Å². The molecular formula is C14H24N2S. The van der Waals surface area contributed by atoms with E-state index in [-0.39, 0.29) is 0 Å². The van der Waals surface area contributed by atoms with Crippen LogP contribution in [0.15, 0.2) is 4.99 Å². The molecule has 2 nitrogen and oxygen atoms in total. The zero-order valence-corrected chi connectivity index (χ0v) is 11.5. The molecule has 1 heterocycles. The van der Waals surface area contributed by atoms with E-state index < -0.39 is 0 Å². The number of hydrogen-bond acceptors (Lipinski definition) is 3. The van der Waals surface area contributed by atoms with Crippen LogP contribution in [0.4, 0.5) is 0 Å². The van der Waals surface area contributed by atoms with Crippen LogP contribution in [0.3, 0.4) is 0 Å². The monoisotopic (exact) mass is 252 g/mol. The highest BCUT2D eigenvalue weighted by molar-refractivity contribution is 8.13. The van der Waals surface area contributed by atoms with Gasteiger partial charge in [-0.2, -0.15) is 0 Å². The van der Waals surface area contributed by atoms with Crippen molar-refractivity contribution in [2.75, 3.05) is 18.8 Å². The van der Waals surface area contributed by atoms with Gasteiger partial charge in [-0.3, -0.25) is 4.99 Å². The standard InChI is InChI=1S/C14H24N2S/c1-2-8-14(7-1)10-16-13(17-11-14)15-9-6-12-4-3-5-12/h12H,1-11H2,(H,15,16). The van der Waals surface area contributed by atoms with Crippen LogP contribution >= 0.6 is 11.8 Å². The van der Waals surface area contributed by atoms with Crippen LogP contribution in [0, 0.1) is 11.3 Å². The Morgan fingerprint density at radius 1 is 1.24 bits per heavy atom. The highest BCUT2D eigenvalue weighted by Crippen LogP contribution is 2.43. The smallest absolute Gasteiger partial charge is 0.156 e. The van der Waals surface area contributed by atoms with Gasteiger partial charge >= 0.3 is 0 Å². The topological polar surface area (TPSA) is 24.4 Å². The molecule has 2 fully saturated rings. The summed E-state index contributed by atoms with van der Waals surface area (Å²) in [6.45, 7) is 2.23. The molecular weight excluding hydrogens is 228 g/mol. The Morgan fingerprint density at radius 2 is 2.06 bits per heavy atom. The van der Waals surface area contributed by atoms with E-state index in [4.69, 9.17) is 4.99 Å². The summed E-state index contributed by atoms with van der Waals surface area (Å²) in [6.07, 6.45) is 11.4. The minimum absolute atomic E-state index is 0.587. The Balaban J connectivity index is 1.41. The number of aliphatic imine (C=N–C) groups is 1. The third-order valence-electron chi connectivity index (χ3n) is 4.79. The minimum atomic E-state index is 0.587. The Hall–Kier alpha value is -0.180. The molecule has 3 heteroatoms. The molecule has 0 saturated heterocycles. The number of amidine groups is 1. The molecule has 0 atom stereocenters. The maximum absolute atomic E-state index is 4.77. The summed E-state index contributed by atoms with van der Waals surface area (Å²) in [5.41, 5.74) is 0.587. The van der Waals surface area contributed by atoms with Gasteiger partial charge in [0.15, 0.2) is 5.17 Å². The molecule has 2 aliphatic carbocycles. The predicted molar refractivity (Wildman–Crippen MR) is 75.6 cm³/mol. The Labute approximate surface area is 109 Å². The fraction of sp³-hybridized carbons (Fsp3) is 0.929. The van der Waals surface area contributed by atoms with E-state index >= 15 is 0 Å². The van der Waals surface area contributed by atoms with Crippen molar-refractivity contribution in [2.45, 2.75) is 51.4 Å². The molecule has 3 rings (SSSR count). The SMILES string of the molecule is C1CC(CCNC2=NCC3(CCCC3)CS2)C1. The molecule has 96 valence electrons. The third kappa shape index (κ3) is 2.81. The van der Waals surface area contributed by atoms with Gasteiger partial charge in [-0.25, -0.2) is 0 Å². The Kier molecular flexibility index (Phi) is 3.64. The third-order valence-corrected chi connectivity index (χ3v) is 6.09. The minimum Gasteiger partial charge on any atom is -0.365 e. The van der Waals surface area contributed by atoms with Gasteiger partial charge in [-0.15, -0.1) is 0 Å². The fourth-order valence-corrected chi connectivity index (χ4v) is 4.43. The first kappa shape index (κ1) is 11.9. The van der Waals surface area contributed by atoms with E-state index in [1.807, 2.05) is 11.8 Å². The molecule has 0 amide bonds. The predicted octanol–water partition coefficient (Wildman–Crippen LogP) is 3.43. The summed E-state index contributed by atoms with van der Waals surface area (Å²) in [5.74, 6) is 2.32. The van der Waals surface area contributed by atoms with Gasteiger partial charge in [0.25, 0.3) is 0 Å². The first-order valence-electron chi connectivity index (χ1n) is 7.28. The summed E-state index contributed by atoms with van der Waals surface area (Å²) < 4.78 is 0. The van der Waals surface area contributed by atoms with Crippen molar-refractivity contribution in [1.29, 1.82) is 0 Å². The molecule has 0 unspecified atom stereocenters. The number of rotatable bonds is 3. The number of hydrogen-bond donors (Lipinski definition) is 1. The van der Waals surface area contributed by atoms with Crippen molar-refractivity contribution in [3.63, 3.8) is 0 Å². The van der Waals surface area contributed by atoms with E-state index in [0.29, 0.717) is 5.41 Å². The summed E-state index contributed by atoms with van der Waals surface area (Å²) >= 11 is 1.98. The van der Waals surface area contributed by atoms with E-state index in [0.717, 1.165) is 19.0 Å². The molecule has 0 aromatic heterocycles. The van der Waals surface area contributed by atoms with Crippen LogP contribution < -0.4 is 5.32 Å². The lowest BCUT2D eigenvalue weighted by atomic mass is 9.83. The van der Waals surface area contributed by atoms with Crippen LogP contribution in [-0.4, -0.2) is 24.0 Å². The molecule has 3 aliphatic rings. The second kappa shape index (κ2) is 5.21. The maximum atomic E-state index is 4.77. The molecule has 0 bridgehead atoms. The van der Waals surface area contributed by atoms with Crippen molar-refractivity contribution in [2.24, 2.45) is 16.3 Å². The second-order valence-electron chi connectivity index (χ2n) is 6.13. The highest BCUT2D eigenvalue weighted by Gasteiger charge is 2.36. The first-order valence-corrected chi connectivity index (χ1v) is 8.26. The largest absolute Gasteiger partial charge is 0.365 e. The molecule has 1 spiro atoms. The number of nitrogens with zero attached hydrogens (tertiary/aromatic N) is 1. The van der Waals surface area contributed by atoms with Gasteiger partial charge in [-0.05, 0) is 30.6 Å². The van der Waals surface area contributed by atoms with Gasteiger partial charge in [0.1, 0.15) is 0 Å². The van der Waals surface area contributed by atoms with Crippen LogP contribution in [0.5, 0.6) is 0 Å². The van der Waals surface area contributed by atoms with Crippen LogP contribution in [0.25, 0.3) is 0 Å². The molecule has 0 radical (unpaired) electrons. The average Bonchev–Trinajstić information content (AvgIpc) is 2.73. The Bertz CT molecular complexity index is 291. The molecule has 2 saturated carbocycles. The van der Waals surface area contributed by atoms with E-state index in [1.54, 1.807) is 0 Å². The zero-order chi connectivity index (χ0) is 11.6. The van der Waals surface area contributed by atoms with Crippen molar-refractivity contribution in [1.82, 2.24) is 5.32 Å². The lowest BCUT2D eigenvalue weighted by Gasteiger charge is -2.31. The lowest BCUT2D eigenvalue weighted by Crippen LogP contribution is -2.34. The zero-order valence-electron chi connectivity index (χ0n) is 10.7. The second-order valence-corrected chi connectivity index (χ2v) is 7.09. The van der Waals surface area contributed by atoms with Gasteiger partial charge in [-0.1, -0.05) is 43.9 Å². The van der Waals surface area contributed by atoms with Gasteiger partial charge in [0, 0.05) is 18.8 Å². The van der Waals surface area contributed by atoms with Crippen molar-refractivity contribution in [3.05, 3.63) is 0 Å². The lowest BCUT2D eigenvalue weighted by molar-refractivity contribution is 0.297. The number of nitrogens with one attached hydrogen (secondary N) is 1. The molecule has 0 aromatic carbocycles. The highest BCUT2D eigenvalue weighted by atomic mass is 32.2. The maximum Gasteiger partial charge on any atom is 0.156 e. The van der Waals surface area contributed by atoms with Crippen molar-refractivity contribution >= 4 is 16.9 Å². The van der Waals surface area contributed by atoms with E-state index in [1.165, 1.54) is 62.3 Å². The summed E-state index contributed by atoms with van der Waals surface area (Å²) in [7, 11) is 0. The number of thioether (sulfide) groups is 1. The van der Waals surface area contributed by atoms with Gasteiger partial charge < -0.3 is 5.32 Å².